The van der Waals surface area contributed by atoms with Gasteiger partial charge in [0.1, 0.15) is 0 Å². The van der Waals surface area contributed by atoms with Crippen LogP contribution in [0, 0.1) is 17.8 Å². The van der Waals surface area contributed by atoms with Crippen LogP contribution in [0.1, 0.15) is 26.2 Å². The zero-order chi connectivity index (χ0) is 7.84. The Morgan fingerprint density at radius 1 is 1.45 bits per heavy atom. The van der Waals surface area contributed by atoms with Crippen molar-refractivity contribution in [1.29, 1.82) is 0 Å². The predicted molar refractivity (Wildman–Crippen MR) is 41.0 cm³/mol. The van der Waals surface area contributed by atoms with Crippen molar-refractivity contribution in [2.75, 3.05) is 6.61 Å². The molecule has 3 unspecified atom stereocenters. The van der Waals surface area contributed by atoms with Crippen LogP contribution in [-0.4, -0.2) is 12.6 Å². The molecule has 3 atom stereocenters. The van der Waals surface area contributed by atoms with Crippen LogP contribution in [-0.2, 0) is 9.53 Å². The van der Waals surface area contributed by atoms with Gasteiger partial charge < -0.3 is 4.74 Å². The first kappa shape index (κ1) is 7.14. The number of rotatable bonds is 0. The molecule has 2 rings (SSSR count). The van der Waals surface area contributed by atoms with Crippen LogP contribution in [0.15, 0.2) is 0 Å². The topological polar surface area (TPSA) is 26.3 Å². The maximum absolute atomic E-state index is 11.1. The molecule has 1 saturated carbocycles. The summed E-state index contributed by atoms with van der Waals surface area (Å²) in [5, 5.41) is 0. The molecule has 0 aromatic rings. The van der Waals surface area contributed by atoms with Crippen molar-refractivity contribution in [2.45, 2.75) is 26.2 Å². The highest BCUT2D eigenvalue weighted by atomic mass is 16.5. The number of carbonyl (C=O) groups is 1. The van der Waals surface area contributed by atoms with Crippen LogP contribution < -0.4 is 0 Å². The van der Waals surface area contributed by atoms with Crippen molar-refractivity contribution < 1.29 is 9.53 Å². The van der Waals surface area contributed by atoms with E-state index in [2.05, 4.69) is 6.92 Å². The largest absolute Gasteiger partial charge is 0.465 e. The van der Waals surface area contributed by atoms with Crippen molar-refractivity contribution in [3.8, 4) is 0 Å². The van der Waals surface area contributed by atoms with E-state index in [0.717, 1.165) is 12.3 Å². The molecule has 62 valence electrons. The van der Waals surface area contributed by atoms with E-state index < -0.39 is 0 Å². The van der Waals surface area contributed by atoms with E-state index >= 15 is 0 Å². The van der Waals surface area contributed by atoms with Gasteiger partial charge in [-0.25, -0.2) is 0 Å². The lowest BCUT2D eigenvalue weighted by atomic mass is 9.76. The molecular weight excluding hydrogens is 140 g/mol. The van der Waals surface area contributed by atoms with E-state index in [1.54, 1.807) is 0 Å². The Bertz CT molecular complexity index is 176. The fourth-order valence-electron chi connectivity index (χ4n) is 2.23. The molecule has 1 aliphatic carbocycles. The molecule has 0 aromatic carbocycles. The Morgan fingerprint density at radius 2 is 2.27 bits per heavy atom. The molecule has 0 amide bonds. The molecule has 0 radical (unpaired) electrons. The molecule has 2 heteroatoms. The van der Waals surface area contributed by atoms with Gasteiger partial charge in [-0.05, 0) is 18.8 Å². The van der Waals surface area contributed by atoms with Crippen molar-refractivity contribution >= 4 is 5.97 Å². The molecular formula is C9H14O2. The van der Waals surface area contributed by atoms with Crippen LogP contribution in [0.5, 0.6) is 0 Å². The summed E-state index contributed by atoms with van der Waals surface area (Å²) in [4.78, 5) is 11.1. The number of carbonyl (C=O) groups excluding carboxylic acids is 1. The quantitative estimate of drug-likeness (QED) is 0.495. The first-order valence-corrected chi connectivity index (χ1v) is 4.44. The first-order valence-electron chi connectivity index (χ1n) is 4.44. The van der Waals surface area contributed by atoms with E-state index in [4.69, 9.17) is 4.74 Å². The normalized spacial score (nSPS) is 43.4. The smallest absolute Gasteiger partial charge is 0.309 e. The number of fused-ring (bicyclic) bond motifs is 1. The molecule has 11 heavy (non-hydrogen) atoms. The Morgan fingerprint density at radius 3 is 3.09 bits per heavy atom. The van der Waals surface area contributed by atoms with Crippen molar-refractivity contribution in [1.82, 2.24) is 0 Å². The summed E-state index contributed by atoms with van der Waals surface area (Å²) in [5.74, 6) is 1.58. The number of ether oxygens (including phenoxy) is 1. The first-order chi connectivity index (χ1) is 5.27. The fourth-order valence-corrected chi connectivity index (χ4v) is 2.23. The lowest BCUT2D eigenvalue weighted by molar-refractivity contribution is -0.141. The fraction of sp³-hybridized carbons (Fsp3) is 0.889. The summed E-state index contributed by atoms with van der Waals surface area (Å²) in [6.07, 6.45) is 3.53. The minimum atomic E-state index is 0.0570. The predicted octanol–water partition coefficient (Wildman–Crippen LogP) is 1.60. The number of hydrogen-bond donors (Lipinski definition) is 0. The highest BCUT2D eigenvalue weighted by Crippen LogP contribution is 2.38. The molecule has 0 N–H and O–H groups in total. The van der Waals surface area contributed by atoms with Crippen molar-refractivity contribution in [2.24, 2.45) is 17.8 Å². The maximum Gasteiger partial charge on any atom is 0.309 e. The minimum Gasteiger partial charge on any atom is -0.465 e. The summed E-state index contributed by atoms with van der Waals surface area (Å²) in [5.41, 5.74) is 0. The average Bonchev–Trinajstić information content (AvgIpc) is 2.33. The van der Waals surface area contributed by atoms with Crippen molar-refractivity contribution in [3.63, 3.8) is 0 Å². The van der Waals surface area contributed by atoms with Crippen LogP contribution in [0.2, 0.25) is 0 Å². The molecule has 1 saturated heterocycles. The van der Waals surface area contributed by atoms with E-state index in [0.29, 0.717) is 12.5 Å². The minimum absolute atomic E-state index is 0.0570. The van der Waals surface area contributed by atoms with Gasteiger partial charge in [0.2, 0.25) is 0 Å². The number of esters is 1. The second-order valence-electron chi connectivity index (χ2n) is 3.91. The molecule has 2 nitrogen and oxygen atoms in total. The lowest BCUT2D eigenvalue weighted by Crippen LogP contribution is -2.24. The molecule has 0 aromatic heterocycles. The summed E-state index contributed by atoms with van der Waals surface area (Å²) in [6, 6.07) is 0. The molecule has 2 fully saturated rings. The molecule has 2 aliphatic rings. The third-order valence-electron chi connectivity index (χ3n) is 3.00. The monoisotopic (exact) mass is 154 g/mol. The highest BCUT2D eigenvalue weighted by molar-refractivity contribution is 5.74. The highest BCUT2D eigenvalue weighted by Gasteiger charge is 2.40. The zero-order valence-electron chi connectivity index (χ0n) is 6.88. The standard InChI is InChI=1S/C9H14O2/c1-6-2-3-7-5-11-9(10)8(7)4-6/h6-8H,2-5H2,1H3. The number of cyclic esters (lactones) is 1. The van der Waals surface area contributed by atoms with Gasteiger partial charge in [0, 0.05) is 5.92 Å². The molecule has 1 aliphatic heterocycles. The number of hydrogen-bond acceptors (Lipinski definition) is 2. The second-order valence-corrected chi connectivity index (χ2v) is 3.91. The molecule has 0 bridgehead atoms. The van der Waals surface area contributed by atoms with E-state index in [9.17, 15) is 4.79 Å². The van der Waals surface area contributed by atoms with E-state index in [1.807, 2.05) is 0 Å². The summed E-state index contributed by atoms with van der Waals surface area (Å²) in [6.45, 7) is 2.91. The second kappa shape index (κ2) is 2.50. The van der Waals surface area contributed by atoms with Gasteiger partial charge >= 0.3 is 5.97 Å². The summed E-state index contributed by atoms with van der Waals surface area (Å²) >= 11 is 0. The Balaban J connectivity index is 2.07. The SMILES string of the molecule is CC1CCC2COC(=O)C2C1. The summed E-state index contributed by atoms with van der Waals surface area (Å²) < 4.78 is 5.01. The van der Waals surface area contributed by atoms with Gasteiger partial charge in [0.25, 0.3) is 0 Å². The lowest BCUT2D eigenvalue weighted by Gasteiger charge is -2.25. The third kappa shape index (κ3) is 1.15. The van der Waals surface area contributed by atoms with Gasteiger partial charge in [-0.3, -0.25) is 4.79 Å². The third-order valence-corrected chi connectivity index (χ3v) is 3.00. The van der Waals surface area contributed by atoms with Gasteiger partial charge in [0.05, 0.1) is 12.5 Å². The Labute approximate surface area is 66.9 Å². The van der Waals surface area contributed by atoms with Crippen LogP contribution in [0.25, 0.3) is 0 Å². The van der Waals surface area contributed by atoms with E-state index in [-0.39, 0.29) is 11.9 Å². The summed E-state index contributed by atoms with van der Waals surface area (Å²) in [7, 11) is 0. The van der Waals surface area contributed by atoms with Gasteiger partial charge in [0.15, 0.2) is 0 Å². The van der Waals surface area contributed by atoms with Gasteiger partial charge in [-0.15, -0.1) is 0 Å². The molecule has 1 heterocycles. The van der Waals surface area contributed by atoms with Crippen molar-refractivity contribution in [3.05, 3.63) is 0 Å². The zero-order valence-corrected chi connectivity index (χ0v) is 6.88. The van der Waals surface area contributed by atoms with Gasteiger partial charge in [-0.1, -0.05) is 13.3 Å². The van der Waals surface area contributed by atoms with Crippen LogP contribution >= 0.6 is 0 Å². The maximum atomic E-state index is 11.1. The van der Waals surface area contributed by atoms with Gasteiger partial charge in [-0.2, -0.15) is 0 Å². The Kier molecular flexibility index (Phi) is 1.63. The van der Waals surface area contributed by atoms with Crippen LogP contribution in [0.3, 0.4) is 0 Å². The average molecular weight is 154 g/mol. The van der Waals surface area contributed by atoms with E-state index in [1.165, 1.54) is 12.8 Å². The molecule has 0 spiro atoms. The van der Waals surface area contributed by atoms with Crippen LogP contribution in [0.4, 0.5) is 0 Å². The Hall–Kier alpha value is -0.530.